The molecule has 1 saturated carbocycles. The zero-order chi connectivity index (χ0) is 49.8. The maximum Gasteiger partial charge on any atom is 0.490 e. The van der Waals surface area contributed by atoms with Crippen LogP contribution in [0.2, 0.25) is 0 Å². The summed E-state index contributed by atoms with van der Waals surface area (Å²) in [7, 11) is 0. The minimum Gasteiger partial charge on any atom is -0.475 e. The Labute approximate surface area is 363 Å². The fraction of sp³-hybridized carbons (Fsp3) is 0.528. The third kappa shape index (κ3) is 15.4. The van der Waals surface area contributed by atoms with Crippen LogP contribution in [0, 0.1) is 11.3 Å². The first-order valence-corrected chi connectivity index (χ1v) is 18.8. The number of H-pyrrole nitrogens is 1. The highest BCUT2D eigenvalue weighted by atomic mass is 19.4. The fourth-order valence-electron chi connectivity index (χ4n) is 6.42. The number of likely N-dealkylation sites (N-methyl/N-ethyl adjacent to an activating group) is 1. The van der Waals surface area contributed by atoms with Crippen LogP contribution in [-0.4, -0.2) is 146 Å². The predicted molar refractivity (Wildman–Crippen MR) is 198 cm³/mol. The minimum atomic E-state index is -5.08. The summed E-state index contributed by atoms with van der Waals surface area (Å²) in [5.41, 5.74) is 2.13. The smallest absolute Gasteiger partial charge is 0.475 e. The SMILES string of the molecule is CCN(CCO)Cc1cc(OC2CCC(N3CC(CC#N)(n4cc(-c5ncnc6[nH]ccc56)cn4)C3)CC2)nc(C(F)(F)F)n1.O=C(O)C(F)(F)F.O=C(O)C(F)(F)F.O=C(O)C(F)(F)F. The Hall–Kier alpha value is -6.35. The molecule has 30 heteroatoms. The number of hydrogen-bond acceptors (Lipinski definition) is 13. The molecule has 0 amide bonds. The van der Waals surface area contributed by atoms with E-state index in [2.05, 4.69) is 41.0 Å². The number of nitrogens with zero attached hydrogens (tertiary/aromatic N) is 9. The Morgan fingerprint density at radius 3 is 1.95 bits per heavy atom. The van der Waals surface area contributed by atoms with Crippen LogP contribution in [-0.2, 0) is 32.6 Å². The molecule has 4 aromatic heterocycles. The van der Waals surface area contributed by atoms with Crippen LogP contribution < -0.4 is 4.74 Å². The molecule has 5 heterocycles. The van der Waals surface area contributed by atoms with E-state index in [1.807, 2.05) is 30.1 Å². The molecule has 0 bridgehead atoms. The number of ether oxygens (including phenoxy) is 1. The van der Waals surface area contributed by atoms with Gasteiger partial charge in [-0.25, -0.2) is 29.3 Å². The second kappa shape index (κ2) is 22.2. The second-order valence-corrected chi connectivity index (χ2v) is 14.2. The van der Waals surface area contributed by atoms with Gasteiger partial charge >= 0.3 is 42.6 Å². The first-order chi connectivity index (χ1) is 30.5. The number of alkyl halides is 12. The number of aliphatic carboxylic acids is 3. The van der Waals surface area contributed by atoms with E-state index >= 15 is 0 Å². The molecule has 1 aliphatic heterocycles. The summed E-state index contributed by atoms with van der Waals surface area (Å²) in [5.74, 6) is -9.58. The number of carboxylic acid groups (broad SMARTS) is 3. The van der Waals surface area contributed by atoms with Gasteiger partial charge in [0.2, 0.25) is 11.7 Å². The molecule has 2 fully saturated rings. The van der Waals surface area contributed by atoms with E-state index in [1.54, 1.807) is 11.1 Å². The highest BCUT2D eigenvalue weighted by molar-refractivity contribution is 5.90. The van der Waals surface area contributed by atoms with Gasteiger partial charge in [-0.3, -0.25) is 14.5 Å². The molecular weight excluding hydrogens is 928 g/mol. The summed E-state index contributed by atoms with van der Waals surface area (Å²) in [6, 6.07) is 6.01. The lowest BCUT2D eigenvalue weighted by Crippen LogP contribution is -2.65. The van der Waals surface area contributed by atoms with Crippen molar-refractivity contribution in [2.24, 2.45) is 0 Å². The first kappa shape index (κ1) is 54.0. The third-order valence-electron chi connectivity index (χ3n) is 9.53. The van der Waals surface area contributed by atoms with E-state index in [9.17, 15) is 63.1 Å². The molecule has 0 unspecified atom stereocenters. The van der Waals surface area contributed by atoms with Crippen LogP contribution in [0.1, 0.15) is 50.5 Å². The number of halogens is 12. The number of aromatic nitrogens is 7. The predicted octanol–water partition coefficient (Wildman–Crippen LogP) is 5.66. The van der Waals surface area contributed by atoms with Crippen LogP contribution in [0.5, 0.6) is 5.88 Å². The van der Waals surface area contributed by atoms with Crippen LogP contribution >= 0.6 is 0 Å². The van der Waals surface area contributed by atoms with Crippen molar-refractivity contribution in [2.45, 2.75) is 88.0 Å². The molecule has 66 heavy (non-hydrogen) atoms. The molecular formula is C36H38F12N10O8. The minimum absolute atomic E-state index is 0.0806. The molecule has 0 radical (unpaired) electrons. The van der Waals surface area contributed by atoms with E-state index in [0.717, 1.165) is 35.1 Å². The van der Waals surface area contributed by atoms with Crippen LogP contribution in [0.25, 0.3) is 22.3 Å². The average molecular weight is 967 g/mol. The van der Waals surface area contributed by atoms with Crippen molar-refractivity contribution in [1.82, 2.24) is 44.5 Å². The zero-order valence-electron chi connectivity index (χ0n) is 33.9. The van der Waals surface area contributed by atoms with Gasteiger partial charge < -0.3 is 30.1 Å². The van der Waals surface area contributed by atoms with Gasteiger partial charge in [0.1, 0.15) is 23.6 Å². The number of aromatic amines is 1. The van der Waals surface area contributed by atoms with Crippen molar-refractivity contribution in [3.8, 4) is 23.2 Å². The second-order valence-electron chi connectivity index (χ2n) is 14.2. The molecule has 2 aliphatic rings. The van der Waals surface area contributed by atoms with Gasteiger partial charge in [0.15, 0.2) is 0 Å². The maximum atomic E-state index is 13.6. The van der Waals surface area contributed by atoms with Gasteiger partial charge in [-0.1, -0.05) is 6.92 Å². The van der Waals surface area contributed by atoms with Crippen molar-refractivity contribution in [3.05, 3.63) is 48.6 Å². The van der Waals surface area contributed by atoms with Gasteiger partial charge in [0, 0.05) is 61.6 Å². The zero-order valence-corrected chi connectivity index (χ0v) is 33.9. The van der Waals surface area contributed by atoms with Gasteiger partial charge in [-0.05, 0) is 38.3 Å². The molecule has 6 rings (SSSR count). The Kier molecular flexibility index (Phi) is 18.2. The topological polar surface area (TPSA) is 257 Å². The number of nitrogens with one attached hydrogen (secondary N) is 1. The highest BCUT2D eigenvalue weighted by Gasteiger charge is 2.48. The fourth-order valence-corrected chi connectivity index (χ4v) is 6.42. The normalized spacial score (nSPS) is 17.4. The van der Waals surface area contributed by atoms with E-state index in [1.165, 1.54) is 12.4 Å². The van der Waals surface area contributed by atoms with Gasteiger partial charge in [-0.15, -0.1) is 0 Å². The number of carbonyl (C=O) groups is 3. The molecule has 0 aromatic carbocycles. The number of carboxylic acids is 3. The number of fused-ring (bicyclic) bond motifs is 1. The summed E-state index contributed by atoms with van der Waals surface area (Å²) in [6.45, 7) is 4.15. The van der Waals surface area contributed by atoms with E-state index < -0.39 is 54.0 Å². The quantitative estimate of drug-likeness (QED) is 0.114. The third-order valence-corrected chi connectivity index (χ3v) is 9.53. The average Bonchev–Trinajstić information content (AvgIpc) is 3.90. The van der Waals surface area contributed by atoms with Crippen molar-refractivity contribution < 1.29 is 92.2 Å². The lowest BCUT2D eigenvalue weighted by atomic mass is 9.82. The molecule has 18 nitrogen and oxygen atoms in total. The van der Waals surface area contributed by atoms with E-state index in [4.69, 9.17) is 34.4 Å². The Morgan fingerprint density at radius 2 is 1.47 bits per heavy atom. The van der Waals surface area contributed by atoms with Crippen molar-refractivity contribution in [1.29, 1.82) is 5.26 Å². The summed E-state index contributed by atoms with van der Waals surface area (Å²) < 4.78 is 144. The molecule has 5 N–H and O–H groups in total. The number of aliphatic hydroxyl groups excluding tert-OH is 1. The number of likely N-dealkylation sites (tertiary alicyclic amines) is 1. The molecule has 0 atom stereocenters. The number of rotatable bonds is 11. The molecule has 364 valence electrons. The van der Waals surface area contributed by atoms with Crippen LogP contribution in [0.3, 0.4) is 0 Å². The summed E-state index contributed by atoms with van der Waals surface area (Å²) in [4.78, 5) is 50.1. The molecule has 1 aliphatic carbocycles. The monoisotopic (exact) mass is 966 g/mol. The van der Waals surface area contributed by atoms with E-state index in [-0.39, 0.29) is 36.9 Å². The molecule has 1 saturated heterocycles. The van der Waals surface area contributed by atoms with Crippen molar-refractivity contribution in [2.75, 3.05) is 32.8 Å². The highest BCUT2D eigenvalue weighted by Crippen LogP contribution is 2.39. The summed E-state index contributed by atoms with van der Waals surface area (Å²) in [6.07, 6.45) is -9.88. The van der Waals surface area contributed by atoms with Gasteiger partial charge in [-0.2, -0.15) is 68.0 Å². The Morgan fingerprint density at radius 1 is 0.909 bits per heavy atom. The van der Waals surface area contributed by atoms with Crippen LogP contribution in [0.15, 0.2) is 37.1 Å². The molecule has 4 aromatic rings. The first-order valence-electron chi connectivity index (χ1n) is 18.8. The number of hydrogen-bond donors (Lipinski definition) is 5. The van der Waals surface area contributed by atoms with Crippen molar-refractivity contribution in [3.63, 3.8) is 0 Å². The maximum absolute atomic E-state index is 13.6. The van der Waals surface area contributed by atoms with Gasteiger partial charge in [0.25, 0.3) is 0 Å². The van der Waals surface area contributed by atoms with Gasteiger partial charge in [0.05, 0.1) is 36.7 Å². The largest absolute Gasteiger partial charge is 0.490 e. The standard InChI is InChI=1S/C30H35F3N10O2.3C2HF3O2/c1-2-41(11-12-44)16-21-13-25(40-28(39-21)30(31,32)33)45-23-5-3-22(4-6-23)42-17-29(18-42,8-9-34)43-15-20(14-38-43)26-24-7-10-35-27(24)37-19-36-26;3*3-2(4,5)1(6)7/h7,10,13-15,19,22-23,44H,2-6,8,11-12,16-18H2,1H3,(H,35,36,37);3*(H,6,7). The number of nitriles is 1. The summed E-state index contributed by atoms with van der Waals surface area (Å²) >= 11 is 0. The summed E-state index contributed by atoms with van der Waals surface area (Å²) in [5, 5.41) is 45.8. The van der Waals surface area contributed by atoms with E-state index in [0.29, 0.717) is 45.4 Å². The van der Waals surface area contributed by atoms with Crippen molar-refractivity contribution >= 4 is 28.9 Å². The number of aliphatic hydroxyl groups is 1. The lowest BCUT2D eigenvalue weighted by molar-refractivity contribution is -0.193. The molecule has 0 spiro atoms. The lowest BCUT2D eigenvalue weighted by Gasteiger charge is -2.53. The Balaban J connectivity index is 0.000000457. The Bertz CT molecular complexity index is 2220. The van der Waals surface area contributed by atoms with Crippen LogP contribution in [0.4, 0.5) is 52.7 Å².